The molecule has 0 aromatic heterocycles. The number of halogens is 4. The van der Waals surface area contributed by atoms with Crippen LogP contribution in [-0.4, -0.2) is 6.09 Å². The average molecular weight is 330 g/mol. The highest BCUT2D eigenvalue weighted by Crippen LogP contribution is 2.30. The van der Waals surface area contributed by atoms with Gasteiger partial charge < -0.3 is 4.74 Å². The van der Waals surface area contributed by atoms with Crippen LogP contribution in [0.1, 0.15) is 11.1 Å². The monoisotopic (exact) mass is 329 g/mol. The number of anilines is 1. The van der Waals surface area contributed by atoms with Crippen LogP contribution < -0.4 is 10.1 Å². The number of alkyl halides is 3. The van der Waals surface area contributed by atoms with E-state index < -0.39 is 17.8 Å². The van der Waals surface area contributed by atoms with Crippen molar-refractivity contribution in [2.75, 3.05) is 5.32 Å². The molecule has 3 nitrogen and oxygen atoms in total. The van der Waals surface area contributed by atoms with Gasteiger partial charge in [0.15, 0.2) is 0 Å². The zero-order valence-corrected chi connectivity index (χ0v) is 12.1. The van der Waals surface area contributed by atoms with E-state index in [-0.39, 0.29) is 11.4 Å². The molecule has 0 saturated carbocycles. The van der Waals surface area contributed by atoms with Gasteiger partial charge in [-0.3, -0.25) is 5.32 Å². The van der Waals surface area contributed by atoms with Gasteiger partial charge in [-0.2, -0.15) is 13.2 Å². The Morgan fingerprint density at radius 3 is 2.55 bits per heavy atom. The SMILES string of the molecule is Cc1cc(OC(=O)Nc2cccc(C(F)(F)F)c2)ccc1Cl. The third-order valence-electron chi connectivity index (χ3n) is 2.78. The molecule has 0 fully saturated rings. The highest BCUT2D eigenvalue weighted by atomic mass is 35.5. The Hall–Kier alpha value is -2.21. The molecule has 2 aromatic rings. The Morgan fingerprint density at radius 2 is 1.91 bits per heavy atom. The van der Waals surface area contributed by atoms with Gasteiger partial charge in [-0.05, 0) is 48.9 Å². The number of aryl methyl sites for hydroxylation is 1. The minimum absolute atomic E-state index is 0.00879. The van der Waals surface area contributed by atoms with Crippen LogP contribution in [0.15, 0.2) is 42.5 Å². The zero-order valence-electron chi connectivity index (χ0n) is 11.4. The van der Waals surface area contributed by atoms with Crippen molar-refractivity contribution < 1.29 is 22.7 Å². The summed E-state index contributed by atoms with van der Waals surface area (Å²) >= 11 is 5.84. The third-order valence-corrected chi connectivity index (χ3v) is 3.20. The fourth-order valence-corrected chi connectivity index (χ4v) is 1.82. The van der Waals surface area contributed by atoms with Crippen molar-refractivity contribution in [3.05, 3.63) is 58.6 Å². The first-order valence-electron chi connectivity index (χ1n) is 6.18. The predicted molar refractivity (Wildman–Crippen MR) is 77.3 cm³/mol. The number of hydrogen-bond acceptors (Lipinski definition) is 2. The predicted octanol–water partition coefficient (Wildman–Crippen LogP) is 5.28. The van der Waals surface area contributed by atoms with E-state index in [0.717, 1.165) is 12.1 Å². The van der Waals surface area contributed by atoms with Crippen LogP contribution >= 0.6 is 11.6 Å². The molecular weight excluding hydrogens is 319 g/mol. The van der Waals surface area contributed by atoms with Crippen LogP contribution in [0.3, 0.4) is 0 Å². The molecule has 0 heterocycles. The molecule has 2 aromatic carbocycles. The Balaban J connectivity index is 2.07. The maximum absolute atomic E-state index is 12.6. The van der Waals surface area contributed by atoms with Crippen LogP contribution in [0.2, 0.25) is 5.02 Å². The van der Waals surface area contributed by atoms with Crippen LogP contribution in [0.4, 0.5) is 23.7 Å². The van der Waals surface area contributed by atoms with Crippen LogP contribution in [-0.2, 0) is 6.18 Å². The minimum Gasteiger partial charge on any atom is -0.410 e. The van der Waals surface area contributed by atoms with Gasteiger partial charge in [0.25, 0.3) is 0 Å². The molecule has 0 unspecified atom stereocenters. The van der Waals surface area contributed by atoms with Gasteiger partial charge in [0.2, 0.25) is 0 Å². The molecular formula is C15H11ClF3NO2. The minimum atomic E-state index is -4.48. The van der Waals surface area contributed by atoms with Crippen molar-refractivity contribution in [1.29, 1.82) is 0 Å². The second-order valence-corrected chi connectivity index (χ2v) is 4.91. The van der Waals surface area contributed by atoms with Crippen molar-refractivity contribution >= 4 is 23.4 Å². The molecule has 0 aliphatic carbocycles. The molecule has 0 aliphatic heterocycles. The number of hydrogen-bond donors (Lipinski definition) is 1. The number of nitrogens with one attached hydrogen (secondary N) is 1. The molecule has 0 aliphatic rings. The summed E-state index contributed by atoms with van der Waals surface area (Å²) < 4.78 is 42.7. The van der Waals surface area contributed by atoms with E-state index in [1.807, 2.05) is 0 Å². The number of benzene rings is 2. The summed E-state index contributed by atoms with van der Waals surface area (Å²) in [5, 5.41) is 2.76. The van der Waals surface area contributed by atoms with Gasteiger partial charge in [-0.1, -0.05) is 17.7 Å². The van der Waals surface area contributed by atoms with E-state index in [1.54, 1.807) is 19.1 Å². The summed E-state index contributed by atoms with van der Waals surface area (Å²) in [6, 6.07) is 8.88. The topological polar surface area (TPSA) is 38.3 Å². The summed E-state index contributed by atoms with van der Waals surface area (Å²) in [7, 11) is 0. The van der Waals surface area contributed by atoms with Gasteiger partial charge >= 0.3 is 12.3 Å². The Bertz CT molecular complexity index is 701. The second-order valence-electron chi connectivity index (χ2n) is 4.50. The smallest absolute Gasteiger partial charge is 0.410 e. The van der Waals surface area contributed by atoms with Crippen molar-refractivity contribution in [2.45, 2.75) is 13.1 Å². The van der Waals surface area contributed by atoms with E-state index in [4.69, 9.17) is 16.3 Å². The molecule has 2 rings (SSSR count). The van der Waals surface area contributed by atoms with Crippen molar-refractivity contribution in [3.63, 3.8) is 0 Å². The second kappa shape index (κ2) is 6.27. The first-order chi connectivity index (χ1) is 10.3. The zero-order chi connectivity index (χ0) is 16.3. The van der Waals surface area contributed by atoms with Gasteiger partial charge in [-0.15, -0.1) is 0 Å². The van der Waals surface area contributed by atoms with Crippen molar-refractivity contribution in [2.24, 2.45) is 0 Å². The molecule has 1 amide bonds. The van der Waals surface area contributed by atoms with Gasteiger partial charge in [-0.25, -0.2) is 4.79 Å². The molecule has 0 saturated heterocycles. The van der Waals surface area contributed by atoms with Gasteiger partial charge in [0.05, 0.1) is 5.56 Å². The van der Waals surface area contributed by atoms with Crippen LogP contribution in [0, 0.1) is 6.92 Å². The van der Waals surface area contributed by atoms with Gasteiger partial charge in [0.1, 0.15) is 5.75 Å². The fourth-order valence-electron chi connectivity index (χ4n) is 1.70. The number of carbonyl (C=O) groups excluding carboxylic acids is 1. The molecule has 116 valence electrons. The Kier molecular flexibility index (Phi) is 4.61. The first kappa shape index (κ1) is 16.2. The lowest BCUT2D eigenvalue weighted by Gasteiger charge is -2.10. The average Bonchev–Trinajstić information content (AvgIpc) is 2.42. The lowest BCUT2D eigenvalue weighted by Crippen LogP contribution is -2.17. The molecule has 7 heteroatoms. The highest BCUT2D eigenvalue weighted by Gasteiger charge is 2.30. The number of carbonyl (C=O) groups is 1. The van der Waals surface area contributed by atoms with Crippen LogP contribution in [0.5, 0.6) is 5.75 Å². The summed E-state index contributed by atoms with van der Waals surface area (Å²) in [6.45, 7) is 1.74. The lowest BCUT2D eigenvalue weighted by atomic mass is 10.2. The summed E-state index contributed by atoms with van der Waals surface area (Å²) in [6.07, 6.45) is -5.37. The van der Waals surface area contributed by atoms with Crippen molar-refractivity contribution in [1.82, 2.24) is 0 Å². The summed E-state index contributed by atoms with van der Waals surface area (Å²) in [5.74, 6) is 0.242. The highest BCUT2D eigenvalue weighted by molar-refractivity contribution is 6.31. The lowest BCUT2D eigenvalue weighted by molar-refractivity contribution is -0.137. The maximum Gasteiger partial charge on any atom is 0.417 e. The number of rotatable bonds is 2. The summed E-state index contributed by atoms with van der Waals surface area (Å²) in [5.41, 5.74) is -0.149. The normalized spacial score (nSPS) is 11.1. The Morgan fingerprint density at radius 1 is 1.18 bits per heavy atom. The Labute approximate surface area is 129 Å². The van der Waals surface area contributed by atoms with E-state index in [9.17, 15) is 18.0 Å². The molecule has 0 spiro atoms. The largest absolute Gasteiger partial charge is 0.417 e. The fraction of sp³-hybridized carbons (Fsp3) is 0.133. The van der Waals surface area contributed by atoms with E-state index in [0.29, 0.717) is 10.6 Å². The van der Waals surface area contributed by atoms with E-state index in [1.165, 1.54) is 18.2 Å². The standard InChI is InChI=1S/C15H11ClF3NO2/c1-9-7-12(5-6-13(9)16)22-14(21)20-11-4-2-3-10(8-11)15(17,18)19/h2-8H,1H3,(H,20,21). The molecule has 22 heavy (non-hydrogen) atoms. The molecule has 0 radical (unpaired) electrons. The number of amides is 1. The molecule has 1 N–H and O–H groups in total. The van der Waals surface area contributed by atoms with E-state index >= 15 is 0 Å². The first-order valence-corrected chi connectivity index (χ1v) is 6.56. The van der Waals surface area contributed by atoms with Crippen LogP contribution in [0.25, 0.3) is 0 Å². The summed E-state index contributed by atoms with van der Waals surface area (Å²) in [4.78, 5) is 11.7. The third kappa shape index (κ3) is 4.14. The quantitative estimate of drug-likeness (QED) is 0.814. The molecule has 0 bridgehead atoms. The van der Waals surface area contributed by atoms with Gasteiger partial charge in [0, 0.05) is 10.7 Å². The maximum atomic E-state index is 12.6. The van der Waals surface area contributed by atoms with Crippen molar-refractivity contribution in [3.8, 4) is 5.75 Å². The number of ether oxygens (including phenoxy) is 1. The van der Waals surface area contributed by atoms with E-state index in [2.05, 4.69) is 5.32 Å². The molecule has 0 atom stereocenters.